The maximum Gasteiger partial charge on any atom is 0.471 e. The van der Waals surface area contributed by atoms with Crippen molar-refractivity contribution in [1.82, 2.24) is 4.57 Å². The number of ether oxygens (including phenoxy) is 2. The van der Waals surface area contributed by atoms with E-state index in [1.54, 1.807) is 41.5 Å². The first-order chi connectivity index (χ1) is 21.2. The highest BCUT2D eigenvalue weighted by atomic mass is 31.2. The van der Waals surface area contributed by atoms with E-state index in [-0.39, 0.29) is 17.2 Å². The first kappa shape index (κ1) is 37.6. The number of alkyl halides is 5. The van der Waals surface area contributed by atoms with Crippen LogP contribution in [0.2, 0.25) is 0 Å². The molecule has 0 aliphatic heterocycles. The summed E-state index contributed by atoms with van der Waals surface area (Å²) in [6.45, 7) is 9.58. The van der Waals surface area contributed by atoms with Crippen molar-refractivity contribution in [2.24, 2.45) is 10.8 Å². The van der Waals surface area contributed by atoms with Crippen molar-refractivity contribution in [3.8, 4) is 17.2 Å². The van der Waals surface area contributed by atoms with Crippen molar-refractivity contribution in [3.63, 3.8) is 0 Å². The molecule has 0 aliphatic carbocycles. The molecule has 0 spiro atoms. The number of phosphoric acid groups is 1. The van der Waals surface area contributed by atoms with Gasteiger partial charge in [-0.1, -0.05) is 47.6 Å². The molecule has 17 heteroatoms. The minimum atomic E-state index is -6.00. The molecule has 0 saturated heterocycles. The zero-order valence-electron chi connectivity index (χ0n) is 26.2. The SMILES string of the molecule is COc1cc(F)ccc1Oc1cc(C(F)(F)C(F)(F)F)ccc1C(=O)Nc1ccn(C(OP(=O)(O)O)(C(C)(C)C)C(C)(C)C)c(=O)c1. The van der Waals surface area contributed by atoms with Gasteiger partial charge in [0.2, 0.25) is 0 Å². The van der Waals surface area contributed by atoms with Crippen molar-refractivity contribution in [2.75, 3.05) is 12.4 Å². The number of nitrogens with zero attached hydrogens (tertiary/aromatic N) is 1. The Morgan fingerprint density at radius 1 is 0.851 bits per heavy atom. The van der Waals surface area contributed by atoms with Crippen LogP contribution in [-0.2, 0) is 20.7 Å². The van der Waals surface area contributed by atoms with Crippen LogP contribution < -0.4 is 20.3 Å². The van der Waals surface area contributed by atoms with Gasteiger partial charge < -0.3 is 24.6 Å². The molecule has 1 amide bonds. The summed E-state index contributed by atoms with van der Waals surface area (Å²) in [6.07, 6.45) is -4.87. The van der Waals surface area contributed by atoms with Gasteiger partial charge in [0, 0.05) is 40.4 Å². The van der Waals surface area contributed by atoms with E-state index in [1.165, 1.54) is 6.07 Å². The third-order valence-electron chi connectivity index (χ3n) is 7.09. The first-order valence-electron chi connectivity index (χ1n) is 13.7. The molecular formula is C30H33F6N2O8P. The predicted molar refractivity (Wildman–Crippen MR) is 158 cm³/mol. The molecule has 1 aromatic heterocycles. The van der Waals surface area contributed by atoms with Gasteiger partial charge in [-0.2, -0.15) is 22.0 Å². The Labute approximate surface area is 265 Å². The fourth-order valence-corrected chi connectivity index (χ4v) is 6.33. The number of anilines is 1. The predicted octanol–water partition coefficient (Wildman–Crippen LogP) is 7.55. The van der Waals surface area contributed by atoms with Crippen molar-refractivity contribution in [2.45, 2.75) is 59.4 Å². The average molecular weight is 695 g/mol. The summed E-state index contributed by atoms with van der Waals surface area (Å²) in [5, 5.41) is 2.33. The summed E-state index contributed by atoms with van der Waals surface area (Å²) in [5.74, 6) is -8.65. The average Bonchev–Trinajstić information content (AvgIpc) is 2.90. The lowest BCUT2D eigenvalue weighted by Crippen LogP contribution is -2.59. The van der Waals surface area contributed by atoms with Gasteiger partial charge in [-0.05, 0) is 30.3 Å². The zero-order chi connectivity index (χ0) is 36.0. The zero-order valence-corrected chi connectivity index (χ0v) is 27.1. The van der Waals surface area contributed by atoms with E-state index in [1.807, 2.05) is 0 Å². The van der Waals surface area contributed by atoms with Gasteiger partial charge in [0.15, 0.2) is 17.2 Å². The number of pyridine rings is 1. The number of carbonyl (C=O) groups excluding carboxylic acids is 1. The highest BCUT2D eigenvalue weighted by molar-refractivity contribution is 7.46. The van der Waals surface area contributed by atoms with Crippen molar-refractivity contribution in [3.05, 3.63) is 82.0 Å². The molecule has 47 heavy (non-hydrogen) atoms. The van der Waals surface area contributed by atoms with Crippen LogP contribution in [0.5, 0.6) is 17.2 Å². The monoisotopic (exact) mass is 694 g/mol. The number of aromatic nitrogens is 1. The largest absolute Gasteiger partial charge is 0.493 e. The van der Waals surface area contributed by atoms with Crippen LogP contribution in [0.4, 0.5) is 32.0 Å². The van der Waals surface area contributed by atoms with Crippen molar-refractivity contribution >= 4 is 19.4 Å². The number of rotatable bonds is 9. The molecule has 10 nitrogen and oxygen atoms in total. The molecule has 0 radical (unpaired) electrons. The fourth-order valence-electron chi connectivity index (χ4n) is 5.35. The third kappa shape index (κ3) is 7.67. The summed E-state index contributed by atoms with van der Waals surface area (Å²) >= 11 is 0. The van der Waals surface area contributed by atoms with Crippen molar-refractivity contribution < 1.29 is 59.5 Å². The first-order valence-corrected chi connectivity index (χ1v) is 15.2. The number of halogens is 6. The highest BCUT2D eigenvalue weighted by Crippen LogP contribution is 2.58. The number of hydrogen-bond acceptors (Lipinski definition) is 6. The molecule has 0 aliphatic rings. The number of benzene rings is 2. The number of nitrogens with one attached hydrogen (secondary N) is 1. The van der Waals surface area contributed by atoms with E-state index in [9.17, 15) is 50.3 Å². The Kier molecular flexibility index (Phi) is 10.1. The summed E-state index contributed by atoms with van der Waals surface area (Å²) in [7, 11) is -4.09. The van der Waals surface area contributed by atoms with E-state index in [4.69, 9.17) is 14.0 Å². The molecule has 3 aromatic rings. The smallest absolute Gasteiger partial charge is 0.471 e. The van der Waals surface area contributed by atoms with E-state index in [0.29, 0.717) is 18.2 Å². The molecule has 0 bridgehead atoms. The molecule has 0 atom stereocenters. The minimum absolute atomic E-state index is 0.195. The quantitative estimate of drug-likeness (QED) is 0.154. The Morgan fingerprint density at radius 2 is 1.45 bits per heavy atom. The van der Waals surface area contributed by atoms with Gasteiger partial charge in [-0.15, -0.1) is 0 Å². The van der Waals surface area contributed by atoms with Gasteiger partial charge in [0.25, 0.3) is 11.5 Å². The second-order valence-electron chi connectivity index (χ2n) is 12.5. The number of phosphoric ester groups is 1. The van der Waals surface area contributed by atoms with Crippen LogP contribution in [0.1, 0.15) is 57.5 Å². The maximum absolute atomic E-state index is 14.3. The van der Waals surface area contributed by atoms with Crippen molar-refractivity contribution in [1.29, 1.82) is 0 Å². The van der Waals surface area contributed by atoms with Crippen LogP contribution >= 0.6 is 7.82 Å². The number of methoxy groups -OCH3 is 1. The molecule has 258 valence electrons. The number of carbonyl (C=O) groups is 1. The van der Waals surface area contributed by atoms with Gasteiger partial charge >= 0.3 is 19.9 Å². The molecule has 3 rings (SSSR count). The molecule has 2 aromatic carbocycles. The van der Waals surface area contributed by atoms with Gasteiger partial charge in [-0.3, -0.25) is 18.7 Å². The highest BCUT2D eigenvalue weighted by Gasteiger charge is 2.59. The van der Waals surface area contributed by atoms with Crippen LogP contribution in [0.15, 0.2) is 59.5 Å². The van der Waals surface area contributed by atoms with Crippen LogP contribution in [0.25, 0.3) is 0 Å². The second kappa shape index (κ2) is 12.6. The lowest BCUT2D eigenvalue weighted by molar-refractivity contribution is -0.289. The molecular weight excluding hydrogens is 661 g/mol. The number of amides is 1. The molecule has 0 fully saturated rings. The van der Waals surface area contributed by atoms with Crippen LogP contribution in [0.3, 0.4) is 0 Å². The summed E-state index contributed by atoms with van der Waals surface area (Å²) < 4.78 is 111. The molecule has 3 N–H and O–H groups in total. The maximum atomic E-state index is 14.3. The van der Waals surface area contributed by atoms with Gasteiger partial charge in [0.05, 0.1) is 12.7 Å². The lowest BCUT2D eigenvalue weighted by Gasteiger charge is -2.53. The van der Waals surface area contributed by atoms with Gasteiger partial charge in [-0.25, -0.2) is 8.96 Å². The molecule has 0 saturated carbocycles. The Morgan fingerprint density at radius 3 is 1.94 bits per heavy atom. The Bertz CT molecular complexity index is 1740. The van der Waals surface area contributed by atoms with E-state index in [0.717, 1.165) is 42.1 Å². The van der Waals surface area contributed by atoms with Crippen LogP contribution in [0, 0.1) is 16.6 Å². The second-order valence-corrected chi connectivity index (χ2v) is 13.6. The molecule has 0 unspecified atom stereocenters. The summed E-state index contributed by atoms with van der Waals surface area (Å²) in [4.78, 5) is 46.4. The Balaban J connectivity index is 2.13. The summed E-state index contributed by atoms with van der Waals surface area (Å²) in [5.41, 5.74) is -7.39. The van der Waals surface area contributed by atoms with Crippen LogP contribution in [-0.4, -0.2) is 33.5 Å². The minimum Gasteiger partial charge on any atom is -0.493 e. The van der Waals surface area contributed by atoms with E-state index >= 15 is 0 Å². The standard InChI is InChI=1S/C30H33F6N2O8P/c1-26(2,3)29(27(4,5)6,46-47(41,42)43)38-13-12-19(16-24(38)39)37-25(40)20-10-8-17(28(32,33)30(34,35)36)14-22(20)45-21-11-9-18(31)15-23(21)44-7/h8-16H,1-7H3,(H,37,40)(H2,41,42,43). The van der Waals surface area contributed by atoms with Gasteiger partial charge in [0.1, 0.15) is 11.6 Å². The summed E-state index contributed by atoms with van der Waals surface area (Å²) in [6, 6.07) is 6.14. The number of hydrogen-bond donors (Lipinski definition) is 3. The topological polar surface area (TPSA) is 136 Å². The molecule has 1 heterocycles. The lowest BCUT2D eigenvalue weighted by atomic mass is 9.68. The Hall–Kier alpha value is -3.85. The fraction of sp³-hybridized carbons (Fsp3) is 0.400. The van der Waals surface area contributed by atoms with E-state index < -0.39 is 70.6 Å². The third-order valence-corrected chi connectivity index (χ3v) is 7.59. The normalized spacial score (nSPS) is 13.3. The van der Waals surface area contributed by atoms with E-state index in [2.05, 4.69) is 5.32 Å².